The Kier molecular flexibility index (Phi) is 8.18. The summed E-state index contributed by atoms with van der Waals surface area (Å²) in [4.78, 5) is 23.5. The number of hydrogen-bond acceptors (Lipinski definition) is 6. The number of hydrogen-bond donors (Lipinski definition) is 4. The van der Waals surface area contributed by atoms with E-state index >= 15 is 0 Å². The van der Waals surface area contributed by atoms with Crippen LogP contribution in [-0.2, 0) is 9.59 Å². The Morgan fingerprint density at radius 2 is 1.83 bits per heavy atom. The minimum absolute atomic E-state index is 0.0246. The number of aromatic amines is 1. The van der Waals surface area contributed by atoms with Crippen LogP contribution >= 0.6 is 0 Å². The van der Waals surface area contributed by atoms with E-state index in [1.165, 1.54) is 0 Å². The van der Waals surface area contributed by atoms with Crippen LogP contribution < -0.4 is 15.8 Å². The summed E-state index contributed by atoms with van der Waals surface area (Å²) in [5.41, 5.74) is 9.11. The van der Waals surface area contributed by atoms with Crippen molar-refractivity contribution in [2.75, 3.05) is 25.5 Å². The first-order chi connectivity index (χ1) is 16.6. The fourth-order valence-electron chi connectivity index (χ4n) is 3.66. The van der Waals surface area contributed by atoms with Gasteiger partial charge in [0.1, 0.15) is 11.8 Å². The number of nitrogens with two attached hydrogens (primary N) is 1. The minimum Gasteiger partial charge on any atom is -0.497 e. The number of rotatable bonds is 5. The second-order valence-corrected chi connectivity index (χ2v) is 7.97. The molecule has 1 atom stereocenters. The summed E-state index contributed by atoms with van der Waals surface area (Å²) in [5.74, 6) is -2.03. The number of amides is 1. The molecule has 0 radical (unpaired) electrons. The zero-order valence-electron chi connectivity index (χ0n) is 18.9. The molecule has 3 aromatic rings. The number of ether oxygens (including phenoxy) is 1. The number of halogens is 3. The molecule has 5 N–H and O–H groups in total. The van der Waals surface area contributed by atoms with Gasteiger partial charge in [-0.15, -0.1) is 0 Å². The lowest BCUT2D eigenvalue weighted by atomic mass is 10.0. The Morgan fingerprint density at radius 1 is 1.20 bits per heavy atom. The number of nitrogens with one attached hydrogen (secondary N) is 2. The van der Waals surface area contributed by atoms with Gasteiger partial charge in [-0.2, -0.15) is 18.3 Å². The normalized spacial score (nSPS) is 15.2. The molecule has 0 aliphatic carbocycles. The van der Waals surface area contributed by atoms with Gasteiger partial charge in [-0.05, 0) is 48.7 Å². The number of anilines is 1. The van der Waals surface area contributed by atoms with Gasteiger partial charge >= 0.3 is 12.1 Å². The number of carbonyl (C=O) groups is 2. The standard InChI is InChI=1S/C21H25N5O2.C2HF3O2/c1-28-18-5-2-14(3-6-18)20(22)21(27)26-10-8-16(9-11-26)24-17-4-7-19-15(12-17)13-23-25-19;3-2(4,5)1(6)7/h2-7,12-13,16,20,24H,8-11,22H2,1H3,(H,23,25);(H,6,7). The van der Waals surface area contributed by atoms with Crippen LogP contribution in [0.25, 0.3) is 10.9 Å². The van der Waals surface area contributed by atoms with E-state index in [-0.39, 0.29) is 5.91 Å². The number of nitrogens with zero attached hydrogens (tertiary/aromatic N) is 2. The number of carboxylic acid groups (broad SMARTS) is 1. The summed E-state index contributed by atoms with van der Waals surface area (Å²) >= 11 is 0. The van der Waals surface area contributed by atoms with Crippen molar-refractivity contribution in [2.24, 2.45) is 5.73 Å². The Balaban J connectivity index is 0.000000429. The predicted octanol–water partition coefficient (Wildman–Crippen LogP) is 3.31. The predicted molar refractivity (Wildman–Crippen MR) is 123 cm³/mol. The van der Waals surface area contributed by atoms with Crippen molar-refractivity contribution in [3.05, 3.63) is 54.2 Å². The Morgan fingerprint density at radius 3 is 2.40 bits per heavy atom. The number of alkyl halides is 3. The van der Waals surface area contributed by atoms with Crippen molar-refractivity contribution < 1.29 is 32.6 Å². The number of H-pyrrole nitrogens is 1. The molecule has 9 nitrogen and oxygen atoms in total. The molecule has 1 aliphatic heterocycles. The van der Waals surface area contributed by atoms with Gasteiger partial charge in [0.2, 0.25) is 5.91 Å². The first kappa shape index (κ1) is 25.8. The molecule has 1 aromatic heterocycles. The number of methoxy groups -OCH3 is 1. The topological polar surface area (TPSA) is 134 Å². The second-order valence-electron chi connectivity index (χ2n) is 7.97. The summed E-state index contributed by atoms with van der Waals surface area (Å²) in [6.07, 6.45) is -1.47. The number of aliphatic carboxylic acids is 1. The smallest absolute Gasteiger partial charge is 0.490 e. The fourth-order valence-corrected chi connectivity index (χ4v) is 3.66. The van der Waals surface area contributed by atoms with Gasteiger partial charge in [-0.25, -0.2) is 4.79 Å². The first-order valence-electron chi connectivity index (χ1n) is 10.8. The number of piperidine rings is 1. The van der Waals surface area contributed by atoms with Gasteiger partial charge in [0, 0.05) is 30.2 Å². The highest BCUT2D eigenvalue weighted by molar-refractivity contribution is 5.83. The quantitative estimate of drug-likeness (QED) is 0.429. The average molecular weight is 493 g/mol. The van der Waals surface area contributed by atoms with E-state index in [1.54, 1.807) is 7.11 Å². The molecule has 188 valence electrons. The molecule has 2 aromatic carbocycles. The molecule has 1 fully saturated rings. The second kappa shape index (κ2) is 11.1. The van der Waals surface area contributed by atoms with E-state index in [9.17, 15) is 18.0 Å². The van der Waals surface area contributed by atoms with E-state index in [0.717, 1.165) is 40.7 Å². The van der Waals surface area contributed by atoms with Gasteiger partial charge in [0.25, 0.3) is 0 Å². The summed E-state index contributed by atoms with van der Waals surface area (Å²) in [7, 11) is 1.62. The summed E-state index contributed by atoms with van der Waals surface area (Å²) in [6, 6.07) is 13.2. The molecule has 4 rings (SSSR count). The number of carbonyl (C=O) groups excluding carboxylic acids is 1. The van der Waals surface area contributed by atoms with Crippen LogP contribution in [0.4, 0.5) is 18.9 Å². The van der Waals surface area contributed by atoms with Crippen LogP contribution in [0.2, 0.25) is 0 Å². The molecule has 1 amide bonds. The number of fused-ring (bicyclic) bond motifs is 1. The lowest BCUT2D eigenvalue weighted by Gasteiger charge is -2.34. The molecule has 1 aliphatic rings. The third-order valence-corrected chi connectivity index (χ3v) is 5.60. The van der Waals surface area contributed by atoms with Crippen molar-refractivity contribution in [3.63, 3.8) is 0 Å². The van der Waals surface area contributed by atoms with Crippen LogP contribution in [0.5, 0.6) is 5.75 Å². The number of carboxylic acids is 1. The van der Waals surface area contributed by atoms with Crippen molar-refractivity contribution >= 4 is 28.5 Å². The monoisotopic (exact) mass is 493 g/mol. The van der Waals surface area contributed by atoms with Gasteiger partial charge in [-0.3, -0.25) is 9.89 Å². The molecular formula is C23H26F3N5O4. The summed E-state index contributed by atoms with van der Waals surface area (Å²) < 4.78 is 36.9. The molecule has 2 heterocycles. The number of aromatic nitrogens is 2. The van der Waals surface area contributed by atoms with Gasteiger partial charge in [-0.1, -0.05) is 12.1 Å². The van der Waals surface area contributed by atoms with Crippen LogP contribution in [0, 0.1) is 0 Å². The molecule has 0 spiro atoms. The number of benzene rings is 2. The Labute approximate surface area is 199 Å². The summed E-state index contributed by atoms with van der Waals surface area (Å²) in [5, 5.41) is 18.8. The zero-order chi connectivity index (χ0) is 25.6. The lowest BCUT2D eigenvalue weighted by Crippen LogP contribution is -2.45. The highest BCUT2D eigenvalue weighted by Crippen LogP contribution is 2.23. The molecule has 0 saturated carbocycles. The van der Waals surface area contributed by atoms with E-state index in [0.29, 0.717) is 19.1 Å². The van der Waals surface area contributed by atoms with E-state index < -0.39 is 18.2 Å². The zero-order valence-corrected chi connectivity index (χ0v) is 18.9. The summed E-state index contributed by atoms with van der Waals surface area (Å²) in [6.45, 7) is 1.41. The third-order valence-electron chi connectivity index (χ3n) is 5.60. The highest BCUT2D eigenvalue weighted by atomic mass is 19.4. The molecule has 1 saturated heterocycles. The SMILES string of the molecule is COc1ccc(C(N)C(=O)N2CCC(Nc3ccc4[nH]ncc4c3)CC2)cc1.O=C(O)C(F)(F)F. The molecule has 35 heavy (non-hydrogen) atoms. The van der Waals surface area contributed by atoms with Gasteiger partial charge in [0.05, 0.1) is 18.8 Å². The van der Waals surface area contributed by atoms with Crippen molar-refractivity contribution in [2.45, 2.75) is 31.1 Å². The van der Waals surface area contributed by atoms with Crippen LogP contribution in [0.1, 0.15) is 24.4 Å². The highest BCUT2D eigenvalue weighted by Gasteiger charge is 2.38. The maximum Gasteiger partial charge on any atom is 0.490 e. The Bertz CT molecular complexity index is 1140. The maximum atomic E-state index is 12.8. The van der Waals surface area contributed by atoms with E-state index in [2.05, 4.69) is 27.6 Å². The molecule has 1 unspecified atom stereocenters. The molecular weight excluding hydrogens is 467 g/mol. The van der Waals surface area contributed by atoms with Crippen molar-refractivity contribution in [1.29, 1.82) is 0 Å². The van der Waals surface area contributed by atoms with E-state index in [4.69, 9.17) is 20.4 Å². The third kappa shape index (κ3) is 6.85. The van der Waals surface area contributed by atoms with Gasteiger partial charge < -0.3 is 25.8 Å². The van der Waals surface area contributed by atoms with Gasteiger partial charge in [0.15, 0.2) is 0 Å². The van der Waals surface area contributed by atoms with Crippen molar-refractivity contribution in [3.8, 4) is 5.75 Å². The lowest BCUT2D eigenvalue weighted by molar-refractivity contribution is -0.192. The van der Waals surface area contributed by atoms with Crippen LogP contribution in [-0.4, -0.2) is 64.5 Å². The van der Waals surface area contributed by atoms with Crippen molar-refractivity contribution in [1.82, 2.24) is 15.1 Å². The average Bonchev–Trinajstić information content (AvgIpc) is 3.31. The maximum absolute atomic E-state index is 12.8. The number of likely N-dealkylation sites (tertiary alicyclic amines) is 1. The molecule has 0 bridgehead atoms. The Hall–Kier alpha value is -3.80. The van der Waals surface area contributed by atoms with E-state index in [1.807, 2.05) is 41.4 Å². The first-order valence-corrected chi connectivity index (χ1v) is 10.8. The molecule has 12 heteroatoms. The van der Waals surface area contributed by atoms with Crippen LogP contribution in [0.15, 0.2) is 48.7 Å². The minimum atomic E-state index is -5.08. The van der Waals surface area contributed by atoms with Crippen LogP contribution in [0.3, 0.4) is 0 Å². The fraction of sp³-hybridized carbons (Fsp3) is 0.348. The largest absolute Gasteiger partial charge is 0.497 e.